The van der Waals surface area contributed by atoms with Gasteiger partial charge in [0, 0.05) is 24.8 Å². The van der Waals surface area contributed by atoms with E-state index in [1.165, 1.54) is 23.3 Å². The first-order valence-corrected chi connectivity index (χ1v) is 10.00. The number of carbonyl (C=O) groups is 1. The van der Waals surface area contributed by atoms with Crippen LogP contribution in [0.4, 0.5) is 4.39 Å². The zero-order valence-corrected chi connectivity index (χ0v) is 16.9. The van der Waals surface area contributed by atoms with E-state index >= 15 is 0 Å². The molecule has 3 heterocycles. The molecule has 5 nitrogen and oxygen atoms in total. The third-order valence-corrected chi connectivity index (χ3v) is 5.84. The molecule has 0 saturated heterocycles. The van der Waals surface area contributed by atoms with Gasteiger partial charge >= 0.3 is 0 Å². The van der Waals surface area contributed by atoms with Crippen LogP contribution in [0.25, 0.3) is 16.8 Å². The highest BCUT2D eigenvalue weighted by Crippen LogP contribution is 2.29. The predicted molar refractivity (Wildman–Crippen MR) is 113 cm³/mol. The summed E-state index contributed by atoms with van der Waals surface area (Å²) in [5.74, 6) is -0.319. The molecule has 0 radical (unpaired) electrons. The molecular weight excluding hydrogens is 379 g/mol. The maximum Gasteiger partial charge on any atom is 0.257 e. The number of hydrogen-bond donors (Lipinski definition) is 0. The number of carbonyl (C=O) groups excluding carboxylic acids is 1. The van der Waals surface area contributed by atoms with Crippen LogP contribution in [0, 0.1) is 19.7 Å². The average molecular weight is 400 g/mol. The van der Waals surface area contributed by atoms with Gasteiger partial charge in [0.2, 0.25) is 0 Å². The number of amides is 1. The van der Waals surface area contributed by atoms with E-state index in [0.717, 1.165) is 28.9 Å². The molecule has 1 amide bonds. The van der Waals surface area contributed by atoms with Gasteiger partial charge in [-0.1, -0.05) is 36.4 Å². The molecule has 0 saturated carbocycles. The van der Waals surface area contributed by atoms with E-state index < -0.39 is 0 Å². The Balaban J connectivity index is 1.53. The first kappa shape index (κ1) is 18.5. The van der Waals surface area contributed by atoms with E-state index in [4.69, 9.17) is 0 Å². The normalized spacial score (nSPS) is 13.5. The molecule has 2 aromatic carbocycles. The number of benzene rings is 2. The molecule has 0 bridgehead atoms. The molecule has 4 aromatic rings. The van der Waals surface area contributed by atoms with E-state index in [1.807, 2.05) is 30.9 Å². The van der Waals surface area contributed by atoms with Gasteiger partial charge in [-0.25, -0.2) is 13.9 Å². The molecule has 0 atom stereocenters. The van der Waals surface area contributed by atoms with Crippen molar-refractivity contribution in [1.82, 2.24) is 19.5 Å². The van der Waals surface area contributed by atoms with Gasteiger partial charge in [0.05, 0.1) is 17.0 Å². The molecule has 0 N–H and O–H groups in total. The van der Waals surface area contributed by atoms with Crippen molar-refractivity contribution in [3.63, 3.8) is 0 Å². The van der Waals surface area contributed by atoms with Crippen LogP contribution in [-0.2, 0) is 13.0 Å². The van der Waals surface area contributed by atoms with Crippen molar-refractivity contribution in [2.45, 2.75) is 26.8 Å². The summed E-state index contributed by atoms with van der Waals surface area (Å²) in [4.78, 5) is 19.7. The van der Waals surface area contributed by atoms with Crippen molar-refractivity contribution >= 4 is 11.6 Å². The van der Waals surface area contributed by atoms with E-state index in [9.17, 15) is 9.18 Å². The first-order chi connectivity index (χ1) is 14.5. The summed E-state index contributed by atoms with van der Waals surface area (Å²) in [7, 11) is 0. The highest BCUT2D eigenvalue weighted by Gasteiger charge is 2.25. The topological polar surface area (TPSA) is 50.5 Å². The zero-order chi connectivity index (χ0) is 20.8. The van der Waals surface area contributed by atoms with Gasteiger partial charge in [0.1, 0.15) is 5.82 Å². The summed E-state index contributed by atoms with van der Waals surface area (Å²) in [5.41, 5.74) is 6.95. The summed E-state index contributed by atoms with van der Waals surface area (Å²) in [6, 6.07) is 14.6. The maximum atomic E-state index is 13.3. The minimum atomic E-state index is -0.284. The lowest BCUT2D eigenvalue weighted by atomic mass is 9.99. The minimum Gasteiger partial charge on any atom is -0.334 e. The predicted octanol–water partition coefficient (Wildman–Crippen LogP) is 4.35. The summed E-state index contributed by atoms with van der Waals surface area (Å²) in [6.45, 7) is 5.08. The average Bonchev–Trinajstić information content (AvgIpc) is 3.11. The second-order valence-corrected chi connectivity index (χ2v) is 7.71. The molecule has 0 aliphatic carbocycles. The van der Waals surface area contributed by atoms with Crippen LogP contribution in [0.1, 0.15) is 32.9 Å². The maximum absolute atomic E-state index is 13.3. The Hall–Kier alpha value is -3.54. The largest absolute Gasteiger partial charge is 0.334 e. The second-order valence-electron chi connectivity index (χ2n) is 7.71. The van der Waals surface area contributed by atoms with Crippen LogP contribution < -0.4 is 0 Å². The van der Waals surface area contributed by atoms with Crippen LogP contribution in [0.5, 0.6) is 0 Å². The molecule has 0 spiro atoms. The van der Waals surface area contributed by atoms with Crippen LogP contribution >= 0.6 is 0 Å². The highest BCUT2D eigenvalue weighted by atomic mass is 19.1. The number of nitrogens with zero attached hydrogens (tertiary/aromatic N) is 4. The molecule has 150 valence electrons. The van der Waals surface area contributed by atoms with Crippen molar-refractivity contribution in [3.8, 4) is 11.1 Å². The third kappa shape index (κ3) is 2.96. The smallest absolute Gasteiger partial charge is 0.257 e. The quantitative estimate of drug-likeness (QED) is 0.503. The molecule has 0 unspecified atom stereocenters. The Kier molecular flexibility index (Phi) is 4.35. The summed E-state index contributed by atoms with van der Waals surface area (Å²) >= 11 is 0. The Labute approximate surface area is 173 Å². The van der Waals surface area contributed by atoms with E-state index in [0.29, 0.717) is 24.3 Å². The van der Waals surface area contributed by atoms with Gasteiger partial charge in [0.25, 0.3) is 5.91 Å². The lowest BCUT2D eigenvalue weighted by Gasteiger charge is -2.29. The Bertz CT molecular complexity index is 1280. The van der Waals surface area contributed by atoms with Gasteiger partial charge in [-0.05, 0) is 49.1 Å². The van der Waals surface area contributed by atoms with Crippen molar-refractivity contribution in [2.24, 2.45) is 0 Å². The SMILES string of the molecule is Cc1nn2c(C)c(C(=O)N3CCc4ccccc4C3)cnc2c1-c1ccc(F)cc1. The molecule has 0 fully saturated rings. The van der Waals surface area contributed by atoms with Crippen LogP contribution in [0.3, 0.4) is 0 Å². The fourth-order valence-corrected chi connectivity index (χ4v) is 4.21. The van der Waals surface area contributed by atoms with Crippen molar-refractivity contribution < 1.29 is 9.18 Å². The zero-order valence-electron chi connectivity index (χ0n) is 16.9. The van der Waals surface area contributed by atoms with Crippen molar-refractivity contribution in [1.29, 1.82) is 0 Å². The van der Waals surface area contributed by atoms with Gasteiger partial charge < -0.3 is 4.90 Å². The Morgan fingerprint density at radius 2 is 1.77 bits per heavy atom. The summed E-state index contributed by atoms with van der Waals surface area (Å²) < 4.78 is 15.1. The molecule has 6 heteroatoms. The third-order valence-electron chi connectivity index (χ3n) is 5.84. The van der Waals surface area contributed by atoms with Crippen molar-refractivity contribution in [3.05, 3.63) is 88.6 Å². The number of rotatable bonds is 2. The number of hydrogen-bond acceptors (Lipinski definition) is 3. The van der Waals surface area contributed by atoms with Crippen LogP contribution in [0.15, 0.2) is 54.7 Å². The number of aryl methyl sites for hydroxylation is 2. The van der Waals surface area contributed by atoms with Crippen LogP contribution in [-0.4, -0.2) is 31.9 Å². The lowest BCUT2D eigenvalue weighted by Crippen LogP contribution is -2.36. The summed E-state index contributed by atoms with van der Waals surface area (Å²) in [5, 5.41) is 4.63. The Morgan fingerprint density at radius 1 is 1.03 bits per heavy atom. The molecular formula is C24H21FN4O. The second kappa shape index (κ2) is 7.06. The Morgan fingerprint density at radius 3 is 2.53 bits per heavy atom. The lowest BCUT2D eigenvalue weighted by molar-refractivity contribution is 0.0732. The molecule has 30 heavy (non-hydrogen) atoms. The first-order valence-electron chi connectivity index (χ1n) is 10.00. The summed E-state index contributed by atoms with van der Waals surface area (Å²) in [6.07, 6.45) is 2.49. The fourth-order valence-electron chi connectivity index (χ4n) is 4.21. The minimum absolute atomic E-state index is 0.0344. The van der Waals surface area contributed by atoms with Crippen LogP contribution in [0.2, 0.25) is 0 Å². The van der Waals surface area contributed by atoms with Crippen molar-refractivity contribution in [2.75, 3.05) is 6.54 Å². The van der Waals surface area contributed by atoms with Gasteiger partial charge in [0.15, 0.2) is 5.65 Å². The van der Waals surface area contributed by atoms with E-state index in [2.05, 4.69) is 22.2 Å². The van der Waals surface area contributed by atoms with E-state index in [-0.39, 0.29) is 11.7 Å². The van der Waals surface area contributed by atoms with Gasteiger partial charge in [-0.2, -0.15) is 5.10 Å². The van der Waals surface area contributed by atoms with E-state index in [1.54, 1.807) is 22.8 Å². The monoisotopic (exact) mass is 400 g/mol. The molecule has 2 aromatic heterocycles. The fraction of sp³-hybridized carbons (Fsp3) is 0.208. The highest BCUT2D eigenvalue weighted by molar-refractivity contribution is 5.95. The number of halogens is 1. The molecule has 5 rings (SSSR count). The van der Waals surface area contributed by atoms with Gasteiger partial charge in [-0.3, -0.25) is 4.79 Å². The number of aromatic nitrogens is 3. The standard InChI is InChI=1S/C24H21FN4O/c1-15-22(18-7-9-20(25)10-8-18)23-26-13-21(16(2)29(23)27-15)24(30)28-12-11-17-5-3-4-6-19(17)14-28/h3-10,13H,11-12,14H2,1-2H3. The molecule has 1 aliphatic heterocycles. The van der Waals surface area contributed by atoms with Gasteiger partial charge in [-0.15, -0.1) is 0 Å². The molecule has 1 aliphatic rings. The number of fused-ring (bicyclic) bond motifs is 2.